The maximum atomic E-state index is 9.10. The van der Waals surface area contributed by atoms with Crippen molar-refractivity contribution in [1.29, 1.82) is 0 Å². The maximum Gasteiger partial charge on any atom is 0.414 e. The van der Waals surface area contributed by atoms with Crippen LogP contribution < -0.4 is 4.90 Å². The zero-order valence-electron chi connectivity index (χ0n) is 13.9. The molecule has 0 aromatic carbocycles. The number of nitrogens with zero attached hydrogens (tertiary/aromatic N) is 3. The number of carboxylic acid groups (broad SMARTS) is 2. The van der Waals surface area contributed by atoms with E-state index in [4.69, 9.17) is 19.8 Å². The van der Waals surface area contributed by atoms with Gasteiger partial charge < -0.3 is 15.1 Å². The number of carbonyl (C=O) groups is 2. The number of aryl methyl sites for hydroxylation is 2. The Labute approximate surface area is 149 Å². The van der Waals surface area contributed by atoms with Crippen LogP contribution in [0.2, 0.25) is 0 Å². The first-order chi connectivity index (χ1) is 12.1. The van der Waals surface area contributed by atoms with E-state index in [-0.39, 0.29) is 0 Å². The van der Waals surface area contributed by atoms with Gasteiger partial charge in [-0.05, 0) is 37.7 Å². The number of hydrogen-bond donors (Lipinski definition) is 2. The van der Waals surface area contributed by atoms with Gasteiger partial charge in [0, 0.05) is 18.0 Å². The molecule has 7 nitrogen and oxygen atoms in total. The molecule has 0 spiro atoms. The van der Waals surface area contributed by atoms with E-state index in [0.29, 0.717) is 0 Å². The largest absolute Gasteiger partial charge is 0.473 e. The highest BCUT2D eigenvalue weighted by atomic mass is 32.1. The molecule has 25 heavy (non-hydrogen) atoms. The van der Waals surface area contributed by atoms with Crippen LogP contribution >= 0.6 is 11.3 Å². The van der Waals surface area contributed by atoms with Crippen molar-refractivity contribution in [2.75, 3.05) is 18.0 Å². The van der Waals surface area contributed by atoms with Crippen LogP contribution in [0.4, 0.5) is 5.82 Å². The Bertz CT molecular complexity index is 770. The van der Waals surface area contributed by atoms with Crippen LogP contribution in [0.25, 0.3) is 10.2 Å². The van der Waals surface area contributed by atoms with Gasteiger partial charge in [-0.15, -0.1) is 11.3 Å². The van der Waals surface area contributed by atoms with Crippen molar-refractivity contribution in [2.24, 2.45) is 0 Å². The number of anilines is 1. The summed E-state index contributed by atoms with van der Waals surface area (Å²) in [7, 11) is 0. The minimum atomic E-state index is -1.82. The molecule has 2 N–H and O–H groups in total. The number of thiophene rings is 1. The van der Waals surface area contributed by atoms with Gasteiger partial charge in [0.1, 0.15) is 17.0 Å². The Morgan fingerprint density at radius 3 is 2.28 bits per heavy atom. The number of aromatic nitrogens is 2. The van der Waals surface area contributed by atoms with Gasteiger partial charge in [-0.2, -0.15) is 0 Å². The Balaban J connectivity index is 0.000000265. The summed E-state index contributed by atoms with van der Waals surface area (Å²) in [5, 5.41) is 16.2. The Morgan fingerprint density at radius 2 is 1.64 bits per heavy atom. The van der Waals surface area contributed by atoms with Crippen LogP contribution in [-0.4, -0.2) is 45.2 Å². The monoisotopic (exact) mass is 363 g/mol. The summed E-state index contributed by atoms with van der Waals surface area (Å²) in [4.78, 5) is 32.6. The quantitative estimate of drug-likeness (QED) is 0.751. The summed E-state index contributed by atoms with van der Waals surface area (Å²) < 4.78 is 0. The third-order valence-electron chi connectivity index (χ3n) is 4.57. The van der Waals surface area contributed by atoms with Gasteiger partial charge in [-0.3, -0.25) is 0 Å². The lowest BCUT2D eigenvalue weighted by Gasteiger charge is -2.22. The van der Waals surface area contributed by atoms with E-state index < -0.39 is 11.9 Å². The second kappa shape index (κ2) is 7.77. The fourth-order valence-corrected chi connectivity index (χ4v) is 4.66. The molecular formula is C17H21N3O4S. The maximum absolute atomic E-state index is 9.10. The van der Waals surface area contributed by atoms with Gasteiger partial charge in [0.2, 0.25) is 0 Å². The molecule has 1 aliphatic carbocycles. The van der Waals surface area contributed by atoms with E-state index >= 15 is 0 Å². The molecule has 0 amide bonds. The van der Waals surface area contributed by atoms with Crippen molar-refractivity contribution >= 4 is 39.3 Å². The first-order valence-electron chi connectivity index (χ1n) is 8.54. The van der Waals surface area contributed by atoms with Crippen LogP contribution in [0.3, 0.4) is 0 Å². The van der Waals surface area contributed by atoms with Gasteiger partial charge in [-0.1, -0.05) is 12.8 Å². The predicted octanol–water partition coefficient (Wildman–Crippen LogP) is 2.72. The third kappa shape index (κ3) is 3.89. The molecule has 1 saturated heterocycles. The van der Waals surface area contributed by atoms with Crippen molar-refractivity contribution in [3.8, 4) is 0 Å². The zero-order valence-corrected chi connectivity index (χ0v) is 14.7. The normalized spacial score (nSPS) is 16.7. The molecule has 1 aliphatic heterocycles. The Morgan fingerprint density at radius 1 is 0.960 bits per heavy atom. The molecule has 0 unspecified atom stereocenters. The fourth-order valence-electron chi connectivity index (χ4n) is 3.43. The highest BCUT2D eigenvalue weighted by Crippen LogP contribution is 2.40. The molecule has 0 atom stereocenters. The highest BCUT2D eigenvalue weighted by molar-refractivity contribution is 7.19. The minimum Gasteiger partial charge on any atom is -0.473 e. The van der Waals surface area contributed by atoms with Gasteiger partial charge in [-0.25, -0.2) is 19.6 Å². The van der Waals surface area contributed by atoms with Crippen LogP contribution in [0, 0.1) is 0 Å². The second-order valence-corrected chi connectivity index (χ2v) is 7.33. The highest BCUT2D eigenvalue weighted by Gasteiger charge is 2.23. The molecular weight excluding hydrogens is 342 g/mol. The lowest BCUT2D eigenvalue weighted by Crippen LogP contribution is -2.25. The van der Waals surface area contributed by atoms with E-state index in [2.05, 4.69) is 14.9 Å². The van der Waals surface area contributed by atoms with Gasteiger partial charge in [0.05, 0.1) is 5.39 Å². The molecule has 4 rings (SSSR count). The summed E-state index contributed by atoms with van der Waals surface area (Å²) in [5.74, 6) is -2.43. The van der Waals surface area contributed by atoms with Gasteiger partial charge >= 0.3 is 11.9 Å². The second-order valence-electron chi connectivity index (χ2n) is 6.25. The van der Waals surface area contributed by atoms with E-state index in [0.717, 1.165) is 13.1 Å². The molecule has 0 bridgehead atoms. The Kier molecular flexibility index (Phi) is 5.47. The topological polar surface area (TPSA) is 104 Å². The summed E-state index contributed by atoms with van der Waals surface area (Å²) in [6.45, 7) is 2.33. The average molecular weight is 363 g/mol. The van der Waals surface area contributed by atoms with Crippen molar-refractivity contribution in [2.45, 2.75) is 44.9 Å². The van der Waals surface area contributed by atoms with E-state index in [1.165, 1.54) is 61.0 Å². The standard InChI is InChI=1S/C15H19N3S.C2H2O4/c1-2-4-9-18(8-3-1)14-13-11-6-5-7-12(11)19-15(13)17-10-16-14;3-1(4)2(5)6/h10H,1-9H2;(H,3,4)(H,5,6). The lowest BCUT2D eigenvalue weighted by atomic mass is 10.2. The molecule has 134 valence electrons. The van der Waals surface area contributed by atoms with E-state index in [9.17, 15) is 0 Å². The van der Waals surface area contributed by atoms with Crippen molar-refractivity contribution < 1.29 is 19.8 Å². The van der Waals surface area contributed by atoms with Crippen LogP contribution in [0.5, 0.6) is 0 Å². The lowest BCUT2D eigenvalue weighted by molar-refractivity contribution is -0.159. The summed E-state index contributed by atoms with van der Waals surface area (Å²) in [6, 6.07) is 0. The molecule has 8 heteroatoms. The number of fused-ring (bicyclic) bond motifs is 3. The van der Waals surface area contributed by atoms with Crippen molar-refractivity contribution in [1.82, 2.24) is 9.97 Å². The molecule has 2 aliphatic rings. The SMILES string of the molecule is O=C(O)C(=O)O.c1nc(N2CCCCCC2)c2c3c(sc2n1)CCC3. The van der Waals surface area contributed by atoms with E-state index in [1.54, 1.807) is 16.8 Å². The summed E-state index contributed by atoms with van der Waals surface area (Å²) >= 11 is 1.89. The first kappa shape index (κ1) is 17.6. The van der Waals surface area contributed by atoms with E-state index in [1.807, 2.05) is 11.3 Å². The molecule has 1 fully saturated rings. The predicted molar refractivity (Wildman–Crippen MR) is 95.4 cm³/mol. The van der Waals surface area contributed by atoms with Gasteiger partial charge in [0.15, 0.2) is 0 Å². The summed E-state index contributed by atoms with van der Waals surface area (Å²) in [5.41, 5.74) is 1.56. The average Bonchev–Trinajstić information content (AvgIpc) is 3.06. The molecule has 0 radical (unpaired) electrons. The fraction of sp³-hybridized carbons (Fsp3) is 0.529. The molecule has 3 heterocycles. The number of aliphatic carboxylic acids is 2. The van der Waals surface area contributed by atoms with Crippen molar-refractivity contribution in [3.05, 3.63) is 16.8 Å². The Hall–Kier alpha value is -2.22. The molecule has 0 saturated carbocycles. The zero-order chi connectivity index (χ0) is 17.8. The first-order valence-corrected chi connectivity index (χ1v) is 9.36. The van der Waals surface area contributed by atoms with Crippen molar-refractivity contribution in [3.63, 3.8) is 0 Å². The van der Waals surface area contributed by atoms with Crippen LogP contribution in [0.15, 0.2) is 6.33 Å². The molecule has 2 aromatic heterocycles. The number of carboxylic acids is 2. The number of rotatable bonds is 1. The van der Waals surface area contributed by atoms with Crippen LogP contribution in [-0.2, 0) is 22.4 Å². The third-order valence-corrected chi connectivity index (χ3v) is 5.77. The van der Waals surface area contributed by atoms with Crippen LogP contribution in [0.1, 0.15) is 42.5 Å². The summed E-state index contributed by atoms with van der Waals surface area (Å²) in [6.07, 6.45) is 10.9. The smallest absolute Gasteiger partial charge is 0.414 e. The molecule has 2 aromatic rings. The number of hydrogen-bond acceptors (Lipinski definition) is 6. The minimum absolute atomic E-state index is 1.16. The van der Waals surface area contributed by atoms with Gasteiger partial charge in [0.25, 0.3) is 0 Å².